The van der Waals surface area contributed by atoms with Crippen LogP contribution in [0.25, 0.3) is 22.0 Å². The van der Waals surface area contributed by atoms with Gasteiger partial charge >= 0.3 is 6.09 Å². The number of benzene rings is 2. The average Bonchev–Trinajstić information content (AvgIpc) is 2.95. The molecule has 0 spiro atoms. The summed E-state index contributed by atoms with van der Waals surface area (Å²) >= 11 is 6.02. The Morgan fingerprint density at radius 1 is 1.00 bits per heavy atom. The molecule has 1 aliphatic rings. The minimum absolute atomic E-state index is 0.0400. The van der Waals surface area contributed by atoms with Crippen molar-refractivity contribution in [1.29, 1.82) is 0 Å². The minimum atomic E-state index is -4.20. The Labute approximate surface area is 253 Å². The van der Waals surface area contributed by atoms with Gasteiger partial charge in [0.1, 0.15) is 34.1 Å². The molecule has 0 unspecified atom stereocenters. The topological polar surface area (TPSA) is 127 Å². The minimum Gasteiger partial charge on any atom is -0.480 e. The molecule has 14 heteroatoms. The molecule has 0 bridgehead atoms. The summed E-state index contributed by atoms with van der Waals surface area (Å²) in [6.07, 6.45) is 2.72. The zero-order valence-electron chi connectivity index (χ0n) is 24.0. The van der Waals surface area contributed by atoms with Gasteiger partial charge in [0.15, 0.2) is 0 Å². The summed E-state index contributed by atoms with van der Waals surface area (Å²) in [6.45, 7) is 7.57. The summed E-state index contributed by atoms with van der Waals surface area (Å²) in [5.41, 5.74) is 1.54. The third-order valence-electron chi connectivity index (χ3n) is 6.65. The maximum atomic E-state index is 13.5. The van der Waals surface area contributed by atoms with Crippen molar-refractivity contribution in [2.24, 2.45) is 0 Å². The molecule has 3 heterocycles. The molecule has 0 saturated carbocycles. The Kier molecular flexibility index (Phi) is 8.30. The summed E-state index contributed by atoms with van der Waals surface area (Å²) in [5, 5.41) is 0.520. The van der Waals surface area contributed by atoms with E-state index in [0.29, 0.717) is 37.6 Å². The number of nitrogens with one attached hydrogen (secondary N) is 1. The van der Waals surface area contributed by atoms with Crippen LogP contribution in [-0.2, 0) is 14.8 Å². The van der Waals surface area contributed by atoms with Gasteiger partial charge in [-0.05, 0) is 62.7 Å². The van der Waals surface area contributed by atoms with E-state index in [9.17, 15) is 17.6 Å². The van der Waals surface area contributed by atoms with Crippen LogP contribution in [0.1, 0.15) is 20.8 Å². The summed E-state index contributed by atoms with van der Waals surface area (Å²) < 4.78 is 53.0. The lowest BCUT2D eigenvalue weighted by atomic mass is 10.0. The normalized spacial score (nSPS) is 14.1. The summed E-state index contributed by atoms with van der Waals surface area (Å²) in [7, 11) is -2.83. The molecule has 1 fully saturated rings. The predicted molar refractivity (Wildman–Crippen MR) is 162 cm³/mol. The highest BCUT2D eigenvalue weighted by Crippen LogP contribution is 2.34. The number of halogens is 2. The fourth-order valence-electron chi connectivity index (χ4n) is 4.64. The van der Waals surface area contributed by atoms with Gasteiger partial charge in [0, 0.05) is 43.3 Å². The number of aromatic nitrogens is 3. The van der Waals surface area contributed by atoms with Crippen LogP contribution in [0.4, 0.5) is 20.7 Å². The second-order valence-corrected chi connectivity index (χ2v) is 12.9. The van der Waals surface area contributed by atoms with Gasteiger partial charge in [0.05, 0.1) is 17.6 Å². The quantitative estimate of drug-likeness (QED) is 0.301. The fraction of sp³-hybridized carbons (Fsp3) is 0.310. The number of anilines is 2. The number of fused-ring (bicyclic) bond motifs is 1. The molecule has 1 N–H and O–H groups in total. The lowest BCUT2D eigenvalue weighted by Gasteiger charge is -2.36. The molecule has 2 aromatic carbocycles. The van der Waals surface area contributed by atoms with Crippen molar-refractivity contribution < 1.29 is 27.1 Å². The Morgan fingerprint density at radius 3 is 2.42 bits per heavy atom. The van der Waals surface area contributed by atoms with E-state index in [1.807, 2.05) is 39.0 Å². The summed E-state index contributed by atoms with van der Waals surface area (Å²) in [5.74, 6) is 0.0945. The third kappa shape index (κ3) is 6.73. The van der Waals surface area contributed by atoms with Crippen LogP contribution in [0.2, 0.25) is 5.02 Å². The Hall–Kier alpha value is -4.23. The molecule has 5 rings (SSSR count). The lowest BCUT2D eigenvalue weighted by molar-refractivity contribution is 0.0240. The van der Waals surface area contributed by atoms with E-state index in [0.717, 1.165) is 34.7 Å². The number of piperazine rings is 1. The van der Waals surface area contributed by atoms with Crippen molar-refractivity contribution in [3.63, 3.8) is 0 Å². The van der Waals surface area contributed by atoms with Crippen molar-refractivity contribution in [1.82, 2.24) is 19.9 Å². The molecule has 1 saturated heterocycles. The summed E-state index contributed by atoms with van der Waals surface area (Å²) in [6, 6.07) is 10.2. The van der Waals surface area contributed by atoms with Crippen LogP contribution in [-0.4, -0.2) is 73.3 Å². The highest BCUT2D eigenvalue weighted by Gasteiger charge is 2.27. The first kappa shape index (κ1) is 30.2. The van der Waals surface area contributed by atoms with Gasteiger partial charge in [-0.2, -0.15) is 0 Å². The number of nitrogens with zero attached hydrogens (tertiary/aromatic N) is 5. The summed E-state index contributed by atoms with van der Waals surface area (Å²) in [4.78, 5) is 29.3. The maximum absolute atomic E-state index is 13.5. The number of rotatable bonds is 6. The van der Waals surface area contributed by atoms with Crippen molar-refractivity contribution in [2.75, 3.05) is 42.9 Å². The standard InChI is InChI=1S/C29H30ClFN6O5S/c1-29(2,3)42-28(38)37-11-9-36(10-12-37)26-21-13-18(5-7-23(21)33-17-34-26)19-14-24(27(41-4)32-16-19)35-43(39,40)25-8-6-20(31)15-22(25)30/h5-8,13-17,35H,9-12H2,1-4H3. The number of carbonyl (C=O) groups is 1. The largest absolute Gasteiger partial charge is 0.480 e. The van der Waals surface area contributed by atoms with E-state index in [1.54, 1.807) is 17.2 Å². The highest BCUT2D eigenvalue weighted by atomic mass is 35.5. The zero-order valence-corrected chi connectivity index (χ0v) is 25.5. The van der Waals surface area contributed by atoms with E-state index >= 15 is 0 Å². The van der Waals surface area contributed by atoms with Gasteiger partial charge in [-0.1, -0.05) is 17.7 Å². The first-order valence-corrected chi connectivity index (χ1v) is 15.2. The van der Waals surface area contributed by atoms with Crippen molar-refractivity contribution in [2.45, 2.75) is 31.3 Å². The monoisotopic (exact) mass is 628 g/mol. The van der Waals surface area contributed by atoms with E-state index < -0.39 is 21.4 Å². The Morgan fingerprint density at radius 2 is 1.74 bits per heavy atom. The number of ether oxygens (including phenoxy) is 2. The number of hydrogen-bond donors (Lipinski definition) is 1. The van der Waals surface area contributed by atoms with Crippen molar-refractivity contribution >= 4 is 50.1 Å². The van der Waals surface area contributed by atoms with E-state index in [4.69, 9.17) is 21.1 Å². The van der Waals surface area contributed by atoms with E-state index in [1.165, 1.54) is 13.4 Å². The molecule has 226 valence electrons. The van der Waals surface area contributed by atoms with Crippen LogP contribution in [0.5, 0.6) is 5.88 Å². The van der Waals surface area contributed by atoms with Crippen LogP contribution >= 0.6 is 11.6 Å². The molecule has 0 aliphatic carbocycles. The second-order valence-electron chi connectivity index (χ2n) is 10.8. The van der Waals surface area contributed by atoms with E-state index in [-0.39, 0.29) is 27.6 Å². The molecule has 4 aromatic rings. The highest BCUT2D eigenvalue weighted by molar-refractivity contribution is 7.92. The number of amides is 1. The molecule has 0 atom stereocenters. The molecule has 1 aliphatic heterocycles. The van der Waals surface area contributed by atoms with Crippen LogP contribution < -0.4 is 14.4 Å². The zero-order chi connectivity index (χ0) is 30.9. The van der Waals surface area contributed by atoms with Gasteiger partial charge < -0.3 is 19.3 Å². The van der Waals surface area contributed by atoms with E-state index in [2.05, 4.69) is 24.6 Å². The smallest absolute Gasteiger partial charge is 0.410 e. The van der Waals surface area contributed by atoms with Crippen LogP contribution in [0, 0.1) is 5.82 Å². The Balaban J connectivity index is 1.43. The molecule has 2 aromatic heterocycles. The van der Waals surface area contributed by atoms with Crippen molar-refractivity contribution in [3.8, 4) is 17.0 Å². The molecule has 43 heavy (non-hydrogen) atoms. The molecular weight excluding hydrogens is 599 g/mol. The average molecular weight is 629 g/mol. The van der Waals surface area contributed by atoms with Gasteiger partial charge in [-0.15, -0.1) is 0 Å². The number of sulfonamides is 1. The van der Waals surface area contributed by atoms with Gasteiger partial charge in [-0.25, -0.2) is 32.6 Å². The van der Waals surface area contributed by atoms with Crippen LogP contribution in [0.15, 0.2) is 59.9 Å². The maximum Gasteiger partial charge on any atom is 0.410 e. The molecule has 11 nitrogen and oxygen atoms in total. The first-order valence-electron chi connectivity index (χ1n) is 13.3. The Bertz CT molecular complexity index is 1790. The fourth-order valence-corrected chi connectivity index (χ4v) is 6.22. The number of methoxy groups -OCH3 is 1. The second kappa shape index (κ2) is 11.8. The van der Waals surface area contributed by atoms with Gasteiger partial charge in [-0.3, -0.25) is 4.72 Å². The SMILES string of the molecule is COc1ncc(-c2ccc3ncnc(N4CCN(C(=O)OC(C)(C)C)CC4)c3c2)cc1NS(=O)(=O)c1ccc(F)cc1Cl. The third-order valence-corrected chi connectivity index (χ3v) is 8.50. The van der Waals surface area contributed by atoms with Crippen molar-refractivity contribution in [3.05, 3.63) is 65.8 Å². The number of hydrogen-bond acceptors (Lipinski definition) is 9. The lowest BCUT2D eigenvalue weighted by Crippen LogP contribution is -2.50. The molecule has 0 radical (unpaired) electrons. The van der Waals surface area contributed by atoms with Gasteiger partial charge in [0.2, 0.25) is 5.88 Å². The van der Waals surface area contributed by atoms with Crippen LogP contribution in [0.3, 0.4) is 0 Å². The van der Waals surface area contributed by atoms with Gasteiger partial charge in [0.25, 0.3) is 10.0 Å². The first-order chi connectivity index (χ1) is 20.3. The molecular formula is C29H30ClFN6O5S. The molecule has 1 amide bonds. The number of carbonyl (C=O) groups excluding carboxylic acids is 1. The predicted octanol–water partition coefficient (Wildman–Crippen LogP) is 5.35. The number of pyridine rings is 1.